The number of nitrogens with two attached hydrogens (primary N) is 1. The average molecular weight is 307 g/mol. The van der Waals surface area contributed by atoms with E-state index in [1.54, 1.807) is 0 Å². The first-order chi connectivity index (χ1) is 9.90. The van der Waals surface area contributed by atoms with Crippen LogP contribution in [0.4, 0.5) is 10.1 Å². The van der Waals surface area contributed by atoms with Gasteiger partial charge in [-0.3, -0.25) is 0 Å². The van der Waals surface area contributed by atoms with Gasteiger partial charge in [0.2, 0.25) is 0 Å². The highest BCUT2D eigenvalue weighted by atomic mass is 32.2. The van der Waals surface area contributed by atoms with Crippen molar-refractivity contribution < 1.29 is 24.2 Å². The summed E-state index contributed by atoms with van der Waals surface area (Å²) in [7, 11) is 0. The van der Waals surface area contributed by atoms with Crippen LogP contribution in [0.2, 0.25) is 0 Å². The molecule has 0 aliphatic carbocycles. The van der Waals surface area contributed by atoms with Gasteiger partial charge in [-0.25, -0.2) is 14.0 Å². The maximum absolute atomic E-state index is 13.6. The van der Waals surface area contributed by atoms with Gasteiger partial charge >= 0.3 is 11.9 Å². The minimum absolute atomic E-state index is 0.0227. The molecule has 0 aromatic heterocycles. The first kappa shape index (κ1) is 14.9. The van der Waals surface area contributed by atoms with Crippen LogP contribution < -0.4 is 5.73 Å². The molecule has 0 amide bonds. The van der Waals surface area contributed by atoms with E-state index in [2.05, 4.69) is 0 Å². The molecule has 0 saturated heterocycles. The van der Waals surface area contributed by atoms with Crippen molar-refractivity contribution in [1.82, 2.24) is 0 Å². The van der Waals surface area contributed by atoms with E-state index < -0.39 is 23.3 Å². The number of benzene rings is 2. The van der Waals surface area contributed by atoms with Crippen molar-refractivity contribution >= 4 is 29.4 Å². The van der Waals surface area contributed by atoms with Crippen molar-refractivity contribution in [2.24, 2.45) is 0 Å². The molecular weight excluding hydrogens is 297 g/mol. The number of anilines is 1. The molecule has 0 aliphatic heterocycles. The van der Waals surface area contributed by atoms with Crippen molar-refractivity contribution in [3.8, 4) is 0 Å². The molecule has 0 atom stereocenters. The minimum atomic E-state index is -1.38. The zero-order chi connectivity index (χ0) is 15.6. The predicted octanol–water partition coefficient (Wildman–Crippen LogP) is 2.96. The second-order valence-electron chi connectivity index (χ2n) is 4.08. The average Bonchev–Trinajstić information content (AvgIpc) is 2.40. The van der Waals surface area contributed by atoms with E-state index in [1.165, 1.54) is 30.3 Å². The van der Waals surface area contributed by atoms with Crippen LogP contribution in [-0.4, -0.2) is 22.2 Å². The summed E-state index contributed by atoms with van der Waals surface area (Å²) in [5.41, 5.74) is 5.51. The Balaban J connectivity index is 2.42. The van der Waals surface area contributed by atoms with E-state index >= 15 is 0 Å². The number of aromatic carboxylic acids is 2. The van der Waals surface area contributed by atoms with Crippen LogP contribution in [-0.2, 0) is 0 Å². The summed E-state index contributed by atoms with van der Waals surface area (Å²) in [4.78, 5) is 22.6. The lowest BCUT2D eigenvalue weighted by Crippen LogP contribution is -2.03. The van der Waals surface area contributed by atoms with Crippen LogP contribution >= 0.6 is 11.8 Å². The quantitative estimate of drug-likeness (QED) is 0.751. The van der Waals surface area contributed by atoms with Crippen molar-refractivity contribution in [1.29, 1.82) is 0 Å². The Labute approximate surface area is 123 Å². The van der Waals surface area contributed by atoms with E-state index in [9.17, 15) is 14.0 Å². The Morgan fingerprint density at radius 2 is 1.76 bits per heavy atom. The van der Waals surface area contributed by atoms with Crippen LogP contribution in [0.3, 0.4) is 0 Å². The lowest BCUT2D eigenvalue weighted by molar-refractivity contribution is 0.0680. The standard InChI is InChI=1S/C14H10FNO4S/c15-8-2-1-3-11(12(8)14(19)20)21-10-5-4-7(13(17)18)6-9(10)16/h1-6H,16H2,(H,17,18)(H,19,20). The Bertz CT molecular complexity index is 733. The van der Waals surface area contributed by atoms with E-state index in [0.717, 1.165) is 17.8 Å². The van der Waals surface area contributed by atoms with Gasteiger partial charge in [0.25, 0.3) is 0 Å². The molecule has 0 heterocycles. The molecule has 4 N–H and O–H groups in total. The summed E-state index contributed by atoms with van der Waals surface area (Å²) < 4.78 is 13.6. The Hall–Kier alpha value is -2.54. The molecule has 108 valence electrons. The third-order valence-electron chi connectivity index (χ3n) is 2.67. The number of hydrogen-bond acceptors (Lipinski definition) is 4. The first-order valence-electron chi connectivity index (χ1n) is 5.72. The van der Waals surface area contributed by atoms with Crippen molar-refractivity contribution in [2.75, 3.05) is 5.73 Å². The van der Waals surface area contributed by atoms with Gasteiger partial charge in [-0.2, -0.15) is 0 Å². The second-order valence-corrected chi connectivity index (χ2v) is 5.16. The lowest BCUT2D eigenvalue weighted by atomic mass is 10.2. The summed E-state index contributed by atoms with van der Waals surface area (Å²) >= 11 is 0.965. The molecule has 0 fully saturated rings. The summed E-state index contributed by atoms with van der Waals surface area (Å²) in [5.74, 6) is -3.33. The largest absolute Gasteiger partial charge is 0.478 e. The van der Waals surface area contributed by atoms with Gasteiger partial charge in [0.1, 0.15) is 11.4 Å². The number of hydrogen-bond donors (Lipinski definition) is 3. The number of carboxylic acids is 2. The molecule has 0 saturated carbocycles. The van der Waals surface area contributed by atoms with Crippen molar-refractivity contribution in [2.45, 2.75) is 9.79 Å². The monoisotopic (exact) mass is 307 g/mol. The van der Waals surface area contributed by atoms with Gasteiger partial charge in [-0.15, -0.1) is 0 Å². The zero-order valence-corrected chi connectivity index (χ0v) is 11.4. The highest BCUT2D eigenvalue weighted by Gasteiger charge is 2.17. The SMILES string of the molecule is Nc1cc(C(=O)O)ccc1Sc1cccc(F)c1C(=O)O. The van der Waals surface area contributed by atoms with Gasteiger partial charge < -0.3 is 15.9 Å². The third-order valence-corrected chi connectivity index (χ3v) is 3.82. The molecule has 0 aliphatic rings. The minimum Gasteiger partial charge on any atom is -0.478 e. The molecule has 0 unspecified atom stereocenters. The smallest absolute Gasteiger partial charge is 0.339 e. The molecule has 0 spiro atoms. The van der Waals surface area contributed by atoms with Crippen LogP contribution in [0.15, 0.2) is 46.2 Å². The summed E-state index contributed by atoms with van der Waals surface area (Å²) in [6, 6.07) is 7.99. The zero-order valence-electron chi connectivity index (χ0n) is 10.5. The van der Waals surface area contributed by atoms with Crippen LogP contribution in [0, 0.1) is 5.82 Å². The van der Waals surface area contributed by atoms with Gasteiger partial charge in [-0.05, 0) is 30.3 Å². The van der Waals surface area contributed by atoms with E-state index in [4.69, 9.17) is 15.9 Å². The van der Waals surface area contributed by atoms with E-state index in [-0.39, 0.29) is 16.1 Å². The molecule has 2 aromatic rings. The second kappa shape index (κ2) is 5.84. The fraction of sp³-hybridized carbons (Fsp3) is 0. The predicted molar refractivity (Wildman–Crippen MR) is 75.3 cm³/mol. The fourth-order valence-electron chi connectivity index (χ4n) is 1.69. The van der Waals surface area contributed by atoms with Gasteiger partial charge in [0.05, 0.1) is 5.56 Å². The van der Waals surface area contributed by atoms with Crippen LogP contribution in [0.25, 0.3) is 0 Å². The van der Waals surface area contributed by atoms with Gasteiger partial charge in [0.15, 0.2) is 0 Å². The molecule has 0 radical (unpaired) electrons. The van der Waals surface area contributed by atoms with E-state index in [1.807, 2.05) is 0 Å². The number of carboxylic acid groups (broad SMARTS) is 2. The topological polar surface area (TPSA) is 101 Å². The lowest BCUT2D eigenvalue weighted by Gasteiger charge is -2.09. The summed E-state index contributed by atoms with van der Waals surface area (Å²) in [5, 5.41) is 17.9. The highest BCUT2D eigenvalue weighted by molar-refractivity contribution is 7.99. The Kier molecular flexibility index (Phi) is 4.13. The Morgan fingerprint density at radius 1 is 1.05 bits per heavy atom. The third kappa shape index (κ3) is 3.14. The number of carbonyl (C=O) groups is 2. The molecule has 0 bridgehead atoms. The molecule has 5 nitrogen and oxygen atoms in total. The van der Waals surface area contributed by atoms with Gasteiger partial charge in [0, 0.05) is 15.5 Å². The fourth-order valence-corrected chi connectivity index (χ4v) is 2.67. The first-order valence-corrected chi connectivity index (χ1v) is 6.54. The molecule has 21 heavy (non-hydrogen) atoms. The maximum Gasteiger partial charge on any atom is 0.339 e. The van der Waals surface area contributed by atoms with Crippen molar-refractivity contribution in [3.63, 3.8) is 0 Å². The maximum atomic E-state index is 13.6. The normalized spacial score (nSPS) is 10.3. The van der Waals surface area contributed by atoms with Gasteiger partial charge in [-0.1, -0.05) is 17.8 Å². The van der Waals surface area contributed by atoms with E-state index in [0.29, 0.717) is 4.90 Å². The number of halogens is 1. The molecular formula is C14H10FNO4S. The summed E-state index contributed by atoms with van der Waals surface area (Å²) in [6.45, 7) is 0. The molecule has 7 heteroatoms. The summed E-state index contributed by atoms with van der Waals surface area (Å²) in [6.07, 6.45) is 0. The molecule has 2 aromatic carbocycles. The molecule has 2 rings (SSSR count). The highest BCUT2D eigenvalue weighted by Crippen LogP contribution is 2.35. The van der Waals surface area contributed by atoms with Crippen LogP contribution in [0.5, 0.6) is 0 Å². The Morgan fingerprint density at radius 3 is 2.33 bits per heavy atom. The van der Waals surface area contributed by atoms with Crippen LogP contribution in [0.1, 0.15) is 20.7 Å². The number of rotatable bonds is 4. The number of nitrogen functional groups attached to an aromatic ring is 1. The van der Waals surface area contributed by atoms with Crippen molar-refractivity contribution in [3.05, 3.63) is 53.3 Å².